The van der Waals surface area contributed by atoms with Crippen LogP contribution >= 0.6 is 23.1 Å². The lowest BCUT2D eigenvalue weighted by Crippen LogP contribution is -2.29. The number of aromatic amines is 2. The minimum absolute atomic E-state index is 0.204. The van der Waals surface area contributed by atoms with Crippen molar-refractivity contribution in [2.24, 2.45) is 10.9 Å². The summed E-state index contributed by atoms with van der Waals surface area (Å²) in [4.78, 5) is 29.3. The smallest absolute Gasteiger partial charge is 0.336 e. The number of thiophene rings is 1. The van der Waals surface area contributed by atoms with E-state index in [1.165, 1.54) is 29.2 Å². The first-order valence-electron chi connectivity index (χ1n) is 8.34. The van der Waals surface area contributed by atoms with Crippen molar-refractivity contribution in [2.75, 3.05) is 6.61 Å². The molecule has 2 atom stereocenters. The Morgan fingerprint density at radius 1 is 1.48 bits per heavy atom. The molecule has 2 N–H and O–H groups in total. The van der Waals surface area contributed by atoms with E-state index in [0.29, 0.717) is 22.1 Å². The number of carbonyl (C=O) groups excluding carboxylic acids is 1. The largest absolute Gasteiger partial charge is 0.463 e. The third-order valence-corrected chi connectivity index (χ3v) is 6.14. The topological polar surface area (TPSA) is 111 Å². The number of nitrogens with zero attached hydrogens (tertiary/aromatic N) is 2. The molecule has 9 heteroatoms. The van der Waals surface area contributed by atoms with E-state index in [1.54, 1.807) is 13.8 Å². The molecule has 0 saturated heterocycles. The van der Waals surface area contributed by atoms with Crippen molar-refractivity contribution in [3.8, 4) is 6.07 Å². The number of aliphatic imine (C=N–C) groups is 1. The molecule has 0 radical (unpaired) electrons. The van der Waals surface area contributed by atoms with Crippen molar-refractivity contribution in [1.29, 1.82) is 5.26 Å². The highest BCUT2D eigenvalue weighted by Crippen LogP contribution is 2.43. The number of esters is 1. The molecule has 0 saturated carbocycles. The number of aromatic nitrogens is 2. The van der Waals surface area contributed by atoms with Gasteiger partial charge in [-0.15, -0.1) is 23.1 Å². The van der Waals surface area contributed by atoms with E-state index in [4.69, 9.17) is 4.74 Å². The van der Waals surface area contributed by atoms with Crippen molar-refractivity contribution in [3.63, 3.8) is 0 Å². The van der Waals surface area contributed by atoms with Gasteiger partial charge in [0.25, 0.3) is 5.56 Å². The van der Waals surface area contributed by atoms with E-state index >= 15 is 0 Å². The first kappa shape index (κ1) is 19.2. The molecular weight excluding hydrogens is 384 g/mol. The molecule has 7 nitrogen and oxygen atoms in total. The van der Waals surface area contributed by atoms with Gasteiger partial charge in [-0.25, -0.2) is 9.79 Å². The van der Waals surface area contributed by atoms with Crippen LogP contribution in [0.5, 0.6) is 0 Å². The van der Waals surface area contributed by atoms with Crippen molar-refractivity contribution in [1.82, 2.24) is 10.2 Å². The summed E-state index contributed by atoms with van der Waals surface area (Å²) in [6, 6.07) is 7.61. The number of nitrogens with one attached hydrogen (secondary N) is 2. The third kappa shape index (κ3) is 4.07. The lowest BCUT2D eigenvalue weighted by molar-refractivity contribution is -0.139. The highest BCUT2D eigenvalue weighted by atomic mass is 32.2. The normalized spacial score (nSPS) is 19.5. The molecule has 3 heterocycles. The first-order valence-corrected chi connectivity index (χ1v) is 10.2. The maximum Gasteiger partial charge on any atom is 0.336 e. The predicted molar refractivity (Wildman–Crippen MR) is 106 cm³/mol. The van der Waals surface area contributed by atoms with E-state index in [-0.39, 0.29) is 12.2 Å². The van der Waals surface area contributed by atoms with Crippen LogP contribution in [0.3, 0.4) is 0 Å². The van der Waals surface area contributed by atoms with Gasteiger partial charge >= 0.3 is 5.97 Å². The fourth-order valence-corrected chi connectivity index (χ4v) is 4.84. The van der Waals surface area contributed by atoms with Gasteiger partial charge < -0.3 is 9.84 Å². The molecule has 0 bridgehead atoms. The van der Waals surface area contributed by atoms with Crippen LogP contribution in [0.4, 0.5) is 0 Å². The van der Waals surface area contributed by atoms with Gasteiger partial charge in [0.2, 0.25) is 0 Å². The molecule has 2 unspecified atom stereocenters. The second-order valence-electron chi connectivity index (χ2n) is 5.84. The molecule has 1 aliphatic heterocycles. The number of rotatable bonds is 5. The van der Waals surface area contributed by atoms with Crippen molar-refractivity contribution in [3.05, 3.63) is 55.8 Å². The summed E-state index contributed by atoms with van der Waals surface area (Å²) in [7, 11) is 0. The van der Waals surface area contributed by atoms with Crippen LogP contribution < -0.4 is 5.56 Å². The Balaban J connectivity index is 1.98. The van der Waals surface area contributed by atoms with Crippen LogP contribution in [0, 0.1) is 17.2 Å². The number of allylic oxidation sites excluding steroid dienone is 1. The Labute approximate surface area is 164 Å². The van der Waals surface area contributed by atoms with Gasteiger partial charge in [0.05, 0.1) is 23.3 Å². The summed E-state index contributed by atoms with van der Waals surface area (Å²) in [5.41, 5.74) is 1.51. The number of carbonyl (C=O) groups is 1. The number of H-pyrrole nitrogens is 2. The Morgan fingerprint density at radius 3 is 2.89 bits per heavy atom. The maximum atomic E-state index is 12.6. The first-order chi connectivity index (χ1) is 13.0. The molecule has 140 valence electrons. The Morgan fingerprint density at radius 2 is 2.30 bits per heavy atom. The van der Waals surface area contributed by atoms with Gasteiger partial charge in [-0.1, -0.05) is 6.07 Å². The fraction of sp³-hybridized carbons (Fsp3) is 0.333. The van der Waals surface area contributed by atoms with E-state index in [9.17, 15) is 14.9 Å². The summed E-state index contributed by atoms with van der Waals surface area (Å²) in [6.07, 6.45) is 0. The van der Waals surface area contributed by atoms with Crippen LogP contribution in [0.1, 0.15) is 30.3 Å². The highest BCUT2D eigenvalue weighted by Gasteiger charge is 2.40. The second kappa shape index (κ2) is 8.41. The van der Waals surface area contributed by atoms with Crippen LogP contribution in [-0.4, -0.2) is 27.8 Å². The maximum absolute atomic E-state index is 12.6. The van der Waals surface area contributed by atoms with Crippen LogP contribution in [-0.2, 0) is 15.3 Å². The molecule has 27 heavy (non-hydrogen) atoms. The molecule has 0 spiro atoms. The molecule has 0 aliphatic carbocycles. The van der Waals surface area contributed by atoms with Gasteiger partial charge in [-0.2, -0.15) is 5.26 Å². The number of hydrogen-bond acceptors (Lipinski definition) is 7. The lowest BCUT2D eigenvalue weighted by atomic mass is 9.83. The van der Waals surface area contributed by atoms with Crippen LogP contribution in [0.2, 0.25) is 0 Å². The summed E-state index contributed by atoms with van der Waals surface area (Å²) in [6.45, 7) is 3.77. The zero-order chi connectivity index (χ0) is 19.4. The summed E-state index contributed by atoms with van der Waals surface area (Å²) >= 11 is 2.88. The number of thioether (sulfide) groups is 1. The second-order valence-corrected chi connectivity index (χ2v) is 7.82. The van der Waals surface area contributed by atoms with Gasteiger partial charge in [0.15, 0.2) is 0 Å². The molecule has 2 aromatic heterocycles. The highest BCUT2D eigenvalue weighted by molar-refractivity contribution is 8.13. The van der Waals surface area contributed by atoms with E-state index < -0.39 is 17.8 Å². The standard InChI is InChI=1S/C18H18N4O3S2/c1-3-25-18(24)15-10(2)20-17(27-9-11-7-14(23)22-21-11)12(8-19)16(15)13-5-4-6-26-13/h4-7,12,16H,3,9H2,1-2H3,(H2,21,22,23). The van der Waals surface area contributed by atoms with Gasteiger partial charge in [-0.3, -0.25) is 9.89 Å². The summed E-state index contributed by atoms with van der Waals surface area (Å²) in [5.74, 6) is -0.979. The molecule has 1 aliphatic rings. The Bertz CT molecular complexity index is 979. The third-order valence-electron chi connectivity index (χ3n) is 4.09. The fourth-order valence-electron chi connectivity index (χ4n) is 2.94. The molecule has 2 aromatic rings. The number of hydrogen-bond donors (Lipinski definition) is 2. The van der Waals surface area contributed by atoms with Crippen molar-refractivity contribution < 1.29 is 9.53 Å². The van der Waals surface area contributed by atoms with Crippen molar-refractivity contribution >= 4 is 34.1 Å². The molecular formula is C18H18N4O3S2. The monoisotopic (exact) mass is 402 g/mol. The average Bonchev–Trinajstić information content (AvgIpc) is 3.31. The quantitative estimate of drug-likeness (QED) is 0.746. The zero-order valence-electron chi connectivity index (χ0n) is 14.8. The Hall–Kier alpha value is -2.57. The van der Waals surface area contributed by atoms with Crippen molar-refractivity contribution in [2.45, 2.75) is 25.5 Å². The molecule has 0 aromatic carbocycles. The SMILES string of the molecule is CCOC(=O)C1=C(C)N=C(SCc2cc(=O)[nH][nH]2)C(C#N)C1c1cccs1. The van der Waals surface area contributed by atoms with Gasteiger partial charge in [-0.05, 0) is 25.3 Å². The minimum atomic E-state index is -0.595. The zero-order valence-corrected chi connectivity index (χ0v) is 16.4. The summed E-state index contributed by atoms with van der Waals surface area (Å²) < 4.78 is 5.22. The predicted octanol–water partition coefficient (Wildman–Crippen LogP) is 3.17. The van der Waals surface area contributed by atoms with Crippen LogP contribution in [0.15, 0.2) is 44.6 Å². The average molecular weight is 403 g/mol. The minimum Gasteiger partial charge on any atom is -0.463 e. The summed E-state index contributed by atoms with van der Waals surface area (Å²) in [5, 5.41) is 17.7. The molecule has 0 amide bonds. The number of ether oxygens (including phenoxy) is 1. The lowest BCUT2D eigenvalue weighted by Gasteiger charge is -2.28. The van der Waals surface area contributed by atoms with E-state index in [2.05, 4.69) is 21.3 Å². The van der Waals surface area contributed by atoms with Gasteiger partial charge in [0, 0.05) is 34.0 Å². The Kier molecular flexibility index (Phi) is 5.98. The van der Waals surface area contributed by atoms with Gasteiger partial charge in [0.1, 0.15) is 5.92 Å². The molecule has 3 rings (SSSR count). The molecule has 0 fully saturated rings. The van der Waals surface area contributed by atoms with Crippen LogP contribution in [0.25, 0.3) is 0 Å². The number of nitriles is 1. The van der Waals surface area contributed by atoms with E-state index in [0.717, 1.165) is 10.6 Å². The van der Waals surface area contributed by atoms with E-state index in [1.807, 2.05) is 17.5 Å².